The molecule has 0 aromatic heterocycles. The number of hydrogen-bond donors (Lipinski definition) is 0. The van der Waals surface area contributed by atoms with Gasteiger partial charge in [-0.2, -0.15) is 0 Å². The van der Waals surface area contributed by atoms with E-state index in [4.69, 9.17) is 23.2 Å². The zero-order valence-corrected chi connectivity index (χ0v) is 6.37. The molecule has 0 unspecified atom stereocenters. The Bertz CT molecular complexity index is 131. The molecule has 0 aliphatic carbocycles. The predicted molar refractivity (Wildman–Crippen MR) is 36.8 cm³/mol. The van der Waals surface area contributed by atoms with Crippen molar-refractivity contribution in [2.75, 3.05) is 6.61 Å². The van der Waals surface area contributed by atoms with Crippen molar-refractivity contribution in [1.82, 2.24) is 0 Å². The second-order valence-corrected chi connectivity index (χ2v) is 2.01. The van der Waals surface area contributed by atoms with E-state index < -0.39 is 5.43 Å². The number of halogens is 2. The third-order valence-corrected chi connectivity index (χ3v) is 1.08. The normalized spacial score (nSPS) is 11.2. The van der Waals surface area contributed by atoms with E-state index in [0.29, 0.717) is 0 Å². The van der Waals surface area contributed by atoms with Gasteiger partial charge < -0.3 is 4.74 Å². The van der Waals surface area contributed by atoms with Crippen molar-refractivity contribution in [3.63, 3.8) is 0 Å². The third-order valence-electron chi connectivity index (χ3n) is 0.600. The minimum Gasteiger partial charge on any atom is -0.449 e. The minimum absolute atomic E-state index is 0.159. The van der Waals surface area contributed by atoms with Gasteiger partial charge in [-0.1, -0.05) is 11.6 Å². The molecule has 0 fully saturated rings. The highest BCUT2D eigenvalue weighted by Gasteiger charge is 1.94. The molecular weight excluding hydrogens is 163 g/mol. The summed E-state index contributed by atoms with van der Waals surface area (Å²) < 4.78 is 4.37. The lowest BCUT2D eigenvalue weighted by Crippen LogP contribution is -1.96. The van der Waals surface area contributed by atoms with Crippen LogP contribution in [0.4, 0.5) is 4.79 Å². The number of carbonyl (C=O) groups excluding carboxylic acids is 1. The lowest BCUT2D eigenvalue weighted by atomic mass is 10.4. The minimum atomic E-state index is -0.812. The van der Waals surface area contributed by atoms with Crippen molar-refractivity contribution in [2.24, 2.45) is 0 Å². The molecule has 52 valence electrons. The second-order valence-electron chi connectivity index (χ2n) is 1.48. The number of hydrogen-bond acceptors (Lipinski definition) is 2. The third kappa shape index (κ3) is 5.66. The molecule has 0 radical (unpaired) electrons. The maximum atomic E-state index is 9.94. The fourth-order valence-corrected chi connectivity index (χ4v) is 0.320. The van der Waals surface area contributed by atoms with E-state index in [1.54, 1.807) is 6.92 Å². The van der Waals surface area contributed by atoms with Crippen LogP contribution in [0.5, 0.6) is 0 Å². The summed E-state index contributed by atoms with van der Waals surface area (Å²) in [5.74, 6) is 0. The van der Waals surface area contributed by atoms with Gasteiger partial charge in [-0.05, 0) is 12.5 Å². The van der Waals surface area contributed by atoms with E-state index >= 15 is 0 Å². The molecule has 2 nitrogen and oxygen atoms in total. The van der Waals surface area contributed by atoms with Crippen molar-refractivity contribution in [3.05, 3.63) is 11.1 Å². The number of ether oxygens (including phenoxy) is 1. The van der Waals surface area contributed by atoms with E-state index in [1.807, 2.05) is 0 Å². The molecule has 0 saturated carbocycles. The molecule has 0 aliphatic heterocycles. The van der Waals surface area contributed by atoms with Gasteiger partial charge in [-0.15, -0.1) is 0 Å². The SMILES string of the molecule is C/C(=C/Cl)COC(=O)Cl. The summed E-state index contributed by atoms with van der Waals surface area (Å²) in [6, 6.07) is 0. The van der Waals surface area contributed by atoms with Crippen LogP contribution in [0.3, 0.4) is 0 Å². The molecular formula is C5H6Cl2O2. The van der Waals surface area contributed by atoms with Crippen LogP contribution in [0.15, 0.2) is 11.1 Å². The predicted octanol–water partition coefficient (Wildman–Crippen LogP) is 2.50. The maximum Gasteiger partial charge on any atom is 0.404 e. The molecule has 0 N–H and O–H groups in total. The Morgan fingerprint density at radius 3 is 2.67 bits per heavy atom. The number of rotatable bonds is 2. The van der Waals surface area contributed by atoms with Crippen molar-refractivity contribution in [1.29, 1.82) is 0 Å². The van der Waals surface area contributed by atoms with E-state index in [2.05, 4.69) is 4.74 Å². The molecule has 0 rings (SSSR count). The topological polar surface area (TPSA) is 26.3 Å². The highest BCUT2D eigenvalue weighted by molar-refractivity contribution is 6.61. The van der Waals surface area contributed by atoms with Gasteiger partial charge in [0, 0.05) is 17.1 Å². The first kappa shape index (κ1) is 8.79. The Kier molecular flexibility index (Phi) is 4.54. The lowest BCUT2D eigenvalue weighted by Gasteiger charge is -1.96. The Balaban J connectivity index is 3.39. The second kappa shape index (κ2) is 4.65. The van der Waals surface area contributed by atoms with Crippen molar-refractivity contribution >= 4 is 28.6 Å². The van der Waals surface area contributed by atoms with Crippen LogP contribution in [-0.4, -0.2) is 12.0 Å². The van der Waals surface area contributed by atoms with Crippen LogP contribution in [0.2, 0.25) is 0 Å². The van der Waals surface area contributed by atoms with Crippen molar-refractivity contribution < 1.29 is 9.53 Å². The first-order valence-corrected chi connectivity index (χ1v) is 3.06. The van der Waals surface area contributed by atoms with Gasteiger partial charge in [0.15, 0.2) is 0 Å². The summed E-state index contributed by atoms with van der Waals surface area (Å²) in [5.41, 5.74) is 1.28. The average molecular weight is 169 g/mol. The van der Waals surface area contributed by atoms with E-state index in [9.17, 15) is 4.79 Å². The molecule has 0 bridgehead atoms. The van der Waals surface area contributed by atoms with Gasteiger partial charge in [-0.25, -0.2) is 4.79 Å². The molecule has 0 spiro atoms. The van der Waals surface area contributed by atoms with E-state index in [-0.39, 0.29) is 6.61 Å². The Morgan fingerprint density at radius 2 is 2.33 bits per heavy atom. The molecule has 0 amide bonds. The van der Waals surface area contributed by atoms with Gasteiger partial charge in [0.05, 0.1) is 0 Å². The first-order chi connectivity index (χ1) is 4.16. The zero-order valence-electron chi connectivity index (χ0n) is 4.86. The molecule has 0 heterocycles. The van der Waals surface area contributed by atoms with Gasteiger partial charge in [0.2, 0.25) is 0 Å². The monoisotopic (exact) mass is 168 g/mol. The van der Waals surface area contributed by atoms with E-state index in [0.717, 1.165) is 5.57 Å². The van der Waals surface area contributed by atoms with Crippen molar-refractivity contribution in [2.45, 2.75) is 6.92 Å². The molecule has 0 aliphatic rings. The van der Waals surface area contributed by atoms with Crippen LogP contribution in [0.25, 0.3) is 0 Å². The molecule has 0 atom stereocenters. The van der Waals surface area contributed by atoms with Crippen LogP contribution < -0.4 is 0 Å². The summed E-state index contributed by atoms with van der Waals surface area (Å²) in [6.45, 7) is 1.89. The van der Waals surface area contributed by atoms with Crippen LogP contribution in [0, 0.1) is 0 Å². The maximum absolute atomic E-state index is 9.94. The van der Waals surface area contributed by atoms with E-state index in [1.165, 1.54) is 5.54 Å². The lowest BCUT2D eigenvalue weighted by molar-refractivity contribution is 0.183. The van der Waals surface area contributed by atoms with Crippen LogP contribution in [0.1, 0.15) is 6.92 Å². The Morgan fingerprint density at radius 1 is 1.78 bits per heavy atom. The largest absolute Gasteiger partial charge is 0.449 e. The Labute approximate surface area is 63.4 Å². The zero-order chi connectivity index (χ0) is 7.28. The highest BCUT2D eigenvalue weighted by atomic mass is 35.5. The molecule has 9 heavy (non-hydrogen) atoms. The summed E-state index contributed by atoms with van der Waals surface area (Å²) in [6.07, 6.45) is 0. The highest BCUT2D eigenvalue weighted by Crippen LogP contribution is 1.97. The quantitative estimate of drug-likeness (QED) is 0.593. The molecule has 0 saturated heterocycles. The van der Waals surface area contributed by atoms with Crippen molar-refractivity contribution in [3.8, 4) is 0 Å². The van der Waals surface area contributed by atoms with Gasteiger partial charge in [0.1, 0.15) is 6.61 Å². The summed E-state index contributed by atoms with van der Waals surface area (Å²) in [4.78, 5) is 9.94. The standard InChI is InChI=1S/C5H6Cl2O2/c1-4(2-6)3-9-5(7)8/h2H,3H2,1H3/b4-2-. The Hall–Kier alpha value is -0.210. The fourth-order valence-electron chi connectivity index (χ4n) is 0.202. The van der Waals surface area contributed by atoms with Gasteiger partial charge in [-0.3, -0.25) is 0 Å². The summed E-state index contributed by atoms with van der Waals surface area (Å²) in [5, 5.41) is 0. The number of carbonyl (C=O) groups is 1. The molecule has 0 aromatic carbocycles. The summed E-state index contributed by atoms with van der Waals surface area (Å²) >= 11 is 10.1. The smallest absolute Gasteiger partial charge is 0.404 e. The average Bonchev–Trinajstić information content (AvgIpc) is 1.83. The van der Waals surface area contributed by atoms with Gasteiger partial charge in [0.25, 0.3) is 0 Å². The molecule has 4 heteroatoms. The van der Waals surface area contributed by atoms with Crippen LogP contribution in [-0.2, 0) is 4.74 Å². The van der Waals surface area contributed by atoms with Crippen LogP contribution >= 0.6 is 23.2 Å². The van der Waals surface area contributed by atoms with Gasteiger partial charge >= 0.3 is 5.43 Å². The first-order valence-electron chi connectivity index (χ1n) is 2.25. The summed E-state index contributed by atoms with van der Waals surface area (Å²) in [7, 11) is 0. The fraction of sp³-hybridized carbons (Fsp3) is 0.400. The molecule has 0 aromatic rings.